The van der Waals surface area contributed by atoms with Gasteiger partial charge in [-0.1, -0.05) is 5.92 Å². The van der Waals surface area contributed by atoms with Gasteiger partial charge in [0.2, 0.25) is 5.95 Å². The zero-order chi connectivity index (χ0) is 32.8. The molecule has 10 N–H and O–H groups in total. The van der Waals surface area contributed by atoms with Gasteiger partial charge < -0.3 is 64.9 Å². The number of anilines is 1. The number of hydrogen-bond acceptors (Lipinski definition) is 18. The Morgan fingerprint density at radius 1 is 1.25 bits per heavy atom. The molecule has 0 saturated carbocycles. The molecule has 2 fully saturated rings. The number of hydrogen-bond donors (Lipinski definition) is 9. The molecule has 0 spiro atoms. The molecule has 2 aromatic heterocycles. The fourth-order valence-corrected chi connectivity index (χ4v) is 7.95. The first kappa shape index (κ1) is 35.1. The summed E-state index contributed by atoms with van der Waals surface area (Å²) in [5.74, 6) is 2.35. The summed E-state index contributed by atoms with van der Waals surface area (Å²) in [5, 5.41) is 64.5. The first-order chi connectivity index (χ1) is 20.5. The Morgan fingerprint density at radius 3 is 2.55 bits per heavy atom. The fraction of sp³-hybridized carbons (Fsp3) is 0.667. The second kappa shape index (κ2) is 12.8. The van der Waals surface area contributed by atoms with Crippen LogP contribution in [0.5, 0.6) is 0 Å². The van der Waals surface area contributed by atoms with Crippen molar-refractivity contribution < 1.29 is 72.6 Å². The molecule has 246 valence electrons. The van der Waals surface area contributed by atoms with Crippen molar-refractivity contribution in [1.82, 2.24) is 19.6 Å². The summed E-state index contributed by atoms with van der Waals surface area (Å²) >= 11 is 4.83. The lowest BCUT2D eigenvalue weighted by Gasteiger charge is -2.41. The van der Waals surface area contributed by atoms with Crippen molar-refractivity contribution in [2.75, 3.05) is 26.1 Å². The van der Waals surface area contributed by atoms with Crippen LogP contribution in [-0.2, 0) is 43.9 Å². The Morgan fingerprint density at radius 2 is 1.93 bits per heavy atom. The van der Waals surface area contributed by atoms with Crippen LogP contribution < -0.4 is 5.73 Å². The standard InChI is InChI=1S/C21H31N5O15P2S/c1-4-21(36-3)15(9-5-25-26-16(9)23-8-24-19(26)22)39-20(2,18(21)32)7-37-43(35,44)41-42(33,34)40-17-13(31)11(29)12(30)14(38-17)10(28)6-27/h1,5,8,10-15,17-18,27-32H,6-7H2,2-3H3,(H,33,34)(H,35,44)(H2,22,23,24)/t10-,11?,12?,13?,14?,15-,17?,18+,20+,21-,43?/m0/s1. The monoisotopic (exact) mass is 687 g/mol. The highest BCUT2D eigenvalue weighted by molar-refractivity contribution is 8.08. The van der Waals surface area contributed by atoms with Crippen LogP contribution in [0.15, 0.2) is 12.5 Å². The Bertz CT molecular complexity index is 1500. The Balaban J connectivity index is 1.50. The molecule has 2 saturated heterocycles. The number of aromatic nitrogens is 4. The number of aliphatic hydroxyl groups excluding tert-OH is 6. The third-order valence-electron chi connectivity index (χ3n) is 7.10. The maximum Gasteiger partial charge on any atom is 0.481 e. The van der Waals surface area contributed by atoms with E-state index in [1.807, 2.05) is 0 Å². The van der Waals surface area contributed by atoms with Gasteiger partial charge in [0.05, 0.1) is 19.4 Å². The van der Waals surface area contributed by atoms with E-state index in [2.05, 4.69) is 29.8 Å². The lowest BCUT2D eigenvalue weighted by Crippen LogP contribution is -2.61. The Hall–Kier alpha value is -1.77. The minimum absolute atomic E-state index is 0.0136. The molecule has 2 aliphatic rings. The van der Waals surface area contributed by atoms with Crippen LogP contribution in [0.2, 0.25) is 0 Å². The number of nitrogens with zero attached hydrogens (tertiary/aromatic N) is 4. The van der Waals surface area contributed by atoms with Gasteiger partial charge in [0.15, 0.2) is 17.5 Å². The van der Waals surface area contributed by atoms with Crippen LogP contribution in [0.3, 0.4) is 0 Å². The summed E-state index contributed by atoms with van der Waals surface area (Å²) < 4.78 is 45.0. The summed E-state index contributed by atoms with van der Waals surface area (Å²) in [6.07, 6.45) is -6.61. The van der Waals surface area contributed by atoms with Crippen molar-refractivity contribution in [1.29, 1.82) is 0 Å². The number of nitrogens with two attached hydrogens (primary N) is 1. The van der Waals surface area contributed by atoms with E-state index in [4.69, 9.17) is 47.8 Å². The second-order valence-corrected chi connectivity index (χ2v) is 14.4. The molecule has 2 aromatic rings. The molecule has 23 heteroatoms. The van der Waals surface area contributed by atoms with Crippen molar-refractivity contribution in [3.63, 3.8) is 0 Å². The van der Waals surface area contributed by atoms with Gasteiger partial charge in [0.25, 0.3) is 0 Å². The van der Waals surface area contributed by atoms with Crippen molar-refractivity contribution >= 4 is 37.9 Å². The molecular formula is C21H31N5O15P2S. The zero-order valence-electron chi connectivity index (χ0n) is 22.9. The number of phosphoric ester groups is 1. The van der Waals surface area contributed by atoms with Gasteiger partial charge in [-0.25, -0.2) is 18.8 Å². The SMILES string of the molecule is C#C[C@]1(OC)[C@H](c2cnn3c(N)ncnc23)O[C@](C)(COP(O)(=S)OP(=O)(O)OC2OC([C@@H](O)CO)C(O)C(O)C2O)[C@H]1O. The number of rotatable bonds is 11. The van der Waals surface area contributed by atoms with Gasteiger partial charge in [-0.2, -0.15) is 9.61 Å². The van der Waals surface area contributed by atoms with Crippen molar-refractivity contribution in [3.05, 3.63) is 18.1 Å². The van der Waals surface area contributed by atoms with Crippen LogP contribution in [0.25, 0.3) is 5.65 Å². The van der Waals surface area contributed by atoms with E-state index in [-0.39, 0.29) is 17.2 Å². The smallest absolute Gasteiger partial charge is 0.394 e. The third-order valence-corrected chi connectivity index (χ3v) is 10.6. The Labute approximate surface area is 253 Å². The van der Waals surface area contributed by atoms with Gasteiger partial charge in [-0.05, 0) is 18.7 Å². The Kier molecular flexibility index (Phi) is 10.2. The first-order valence-electron chi connectivity index (χ1n) is 12.5. The summed E-state index contributed by atoms with van der Waals surface area (Å²) in [6.45, 7) is -5.20. The molecule has 0 amide bonds. The van der Waals surface area contributed by atoms with Crippen LogP contribution in [0, 0.1) is 12.3 Å². The van der Waals surface area contributed by atoms with Gasteiger partial charge in [0.1, 0.15) is 54.7 Å². The topological polar surface area (TPSA) is 303 Å². The lowest BCUT2D eigenvalue weighted by atomic mass is 9.84. The highest BCUT2D eigenvalue weighted by Crippen LogP contribution is 2.62. The minimum Gasteiger partial charge on any atom is -0.394 e. The van der Waals surface area contributed by atoms with E-state index in [0.717, 1.165) is 6.33 Å². The van der Waals surface area contributed by atoms with Gasteiger partial charge in [-0.15, -0.1) is 6.42 Å². The van der Waals surface area contributed by atoms with E-state index in [1.54, 1.807) is 0 Å². The summed E-state index contributed by atoms with van der Waals surface area (Å²) in [4.78, 5) is 28.8. The van der Waals surface area contributed by atoms with E-state index >= 15 is 0 Å². The molecule has 0 radical (unpaired) electrons. The van der Waals surface area contributed by atoms with Crippen LogP contribution in [-0.4, -0.2) is 134 Å². The maximum atomic E-state index is 12.7. The molecule has 0 aliphatic carbocycles. The molecule has 2 aliphatic heterocycles. The second-order valence-electron chi connectivity index (χ2n) is 10.0. The molecule has 20 nitrogen and oxygen atoms in total. The predicted octanol–water partition coefficient (Wildman–Crippen LogP) is -3.56. The highest BCUT2D eigenvalue weighted by Gasteiger charge is 2.63. The minimum atomic E-state index is -5.50. The average molecular weight is 688 g/mol. The van der Waals surface area contributed by atoms with E-state index in [9.17, 15) is 39.9 Å². The molecule has 4 rings (SSSR count). The summed E-state index contributed by atoms with van der Waals surface area (Å²) in [6, 6.07) is 0. The number of fused-ring (bicyclic) bond motifs is 1. The first-order valence-corrected chi connectivity index (χ1v) is 16.6. The van der Waals surface area contributed by atoms with E-state index < -0.39 is 88.0 Å². The van der Waals surface area contributed by atoms with E-state index in [1.165, 1.54) is 24.7 Å². The van der Waals surface area contributed by atoms with Crippen LogP contribution in [0.1, 0.15) is 18.6 Å². The molecular weight excluding hydrogens is 656 g/mol. The van der Waals surface area contributed by atoms with E-state index in [0.29, 0.717) is 0 Å². The number of terminal acetylenes is 1. The van der Waals surface area contributed by atoms with Crippen LogP contribution in [0.4, 0.5) is 5.95 Å². The molecule has 0 aromatic carbocycles. The summed E-state index contributed by atoms with van der Waals surface area (Å²) in [5.41, 5.74) is 2.53. The zero-order valence-corrected chi connectivity index (χ0v) is 25.5. The molecule has 44 heavy (non-hydrogen) atoms. The fourth-order valence-electron chi connectivity index (χ4n) is 4.79. The van der Waals surface area contributed by atoms with Crippen molar-refractivity contribution in [3.8, 4) is 12.3 Å². The van der Waals surface area contributed by atoms with Crippen LogP contribution >= 0.6 is 14.5 Å². The normalized spacial score (nSPS) is 37.7. The average Bonchev–Trinajstić information content (AvgIpc) is 3.49. The van der Waals surface area contributed by atoms with Crippen molar-refractivity contribution in [2.45, 2.75) is 67.1 Å². The largest absolute Gasteiger partial charge is 0.481 e. The van der Waals surface area contributed by atoms with Crippen molar-refractivity contribution in [2.24, 2.45) is 0 Å². The third kappa shape index (κ3) is 6.42. The highest BCUT2D eigenvalue weighted by atomic mass is 32.5. The quantitative estimate of drug-likeness (QED) is 0.0815. The number of methoxy groups -OCH3 is 1. The summed E-state index contributed by atoms with van der Waals surface area (Å²) in [7, 11) is -4.29. The number of nitrogen functional groups attached to an aromatic ring is 1. The molecule has 0 bridgehead atoms. The molecule has 7 unspecified atom stereocenters. The van der Waals surface area contributed by atoms with Gasteiger partial charge in [-0.3, -0.25) is 4.52 Å². The number of phosphoric acid groups is 1. The lowest BCUT2D eigenvalue weighted by molar-refractivity contribution is -0.292. The van der Waals surface area contributed by atoms with Gasteiger partial charge >= 0.3 is 14.5 Å². The maximum absolute atomic E-state index is 12.7. The molecule has 12 atom stereocenters. The number of aliphatic hydroxyl groups is 6. The number of ether oxygens (including phenoxy) is 3. The molecule has 4 heterocycles. The van der Waals surface area contributed by atoms with Gasteiger partial charge in [0, 0.05) is 12.7 Å². The predicted molar refractivity (Wildman–Crippen MR) is 146 cm³/mol.